The topological polar surface area (TPSA) is 105 Å². The summed E-state index contributed by atoms with van der Waals surface area (Å²) in [5, 5.41) is 5.71. The van der Waals surface area contributed by atoms with Crippen molar-refractivity contribution >= 4 is 23.2 Å². The van der Waals surface area contributed by atoms with Crippen molar-refractivity contribution in [2.45, 2.75) is 33.2 Å². The average Bonchev–Trinajstić information content (AvgIpc) is 2.79. The number of amides is 1. The van der Waals surface area contributed by atoms with Crippen molar-refractivity contribution in [3.8, 4) is 11.3 Å². The Kier molecular flexibility index (Phi) is 7.27. The highest BCUT2D eigenvalue weighted by molar-refractivity contribution is 5.89. The Bertz CT molecular complexity index is 1190. The Morgan fingerprint density at radius 2 is 1.89 bits per heavy atom. The Hall–Kier alpha value is -3.57. The van der Waals surface area contributed by atoms with Crippen molar-refractivity contribution < 1.29 is 18.3 Å². The van der Waals surface area contributed by atoms with E-state index >= 15 is 0 Å². The van der Waals surface area contributed by atoms with Gasteiger partial charge in [-0.3, -0.25) is 14.7 Å². The van der Waals surface area contributed by atoms with Gasteiger partial charge in [0.25, 0.3) is 0 Å². The van der Waals surface area contributed by atoms with Crippen LogP contribution < -0.4 is 10.6 Å². The van der Waals surface area contributed by atoms with Crippen LogP contribution in [-0.2, 0) is 22.0 Å². The summed E-state index contributed by atoms with van der Waals surface area (Å²) in [6.07, 6.45) is 3.38. The fraction of sp³-hybridized carbons (Fsp3) is 0.375. The number of anilines is 3. The molecule has 184 valence electrons. The maximum atomic E-state index is 13.9. The number of carbonyl (C=O) groups is 1. The number of carbonyl (C=O) groups excluding carboxylic acids is 1. The molecule has 0 spiro atoms. The molecule has 9 nitrogen and oxygen atoms in total. The van der Waals surface area contributed by atoms with Crippen LogP contribution in [0.3, 0.4) is 0 Å². The van der Waals surface area contributed by atoms with Gasteiger partial charge in [-0.25, -0.2) is 15.0 Å². The molecule has 35 heavy (non-hydrogen) atoms. The Balaban J connectivity index is 1.65. The van der Waals surface area contributed by atoms with Crippen LogP contribution in [0.1, 0.15) is 30.9 Å². The Morgan fingerprint density at radius 1 is 1.11 bits per heavy atom. The van der Waals surface area contributed by atoms with E-state index in [0.717, 1.165) is 45.3 Å². The van der Waals surface area contributed by atoms with Gasteiger partial charge in [0, 0.05) is 69.3 Å². The van der Waals surface area contributed by atoms with Gasteiger partial charge in [-0.2, -0.15) is 8.78 Å². The predicted octanol–water partition coefficient (Wildman–Crippen LogP) is 3.89. The number of ether oxygens (including phenoxy) is 1. The van der Waals surface area contributed by atoms with Crippen LogP contribution in [0.5, 0.6) is 0 Å². The zero-order valence-electron chi connectivity index (χ0n) is 19.8. The first-order chi connectivity index (χ1) is 16.7. The first-order valence-electron chi connectivity index (χ1n) is 11.2. The third kappa shape index (κ3) is 6.52. The summed E-state index contributed by atoms with van der Waals surface area (Å²) in [7, 11) is 0. The summed E-state index contributed by atoms with van der Waals surface area (Å²) >= 11 is 0. The van der Waals surface area contributed by atoms with Gasteiger partial charge in [-0.1, -0.05) is 6.07 Å². The highest BCUT2D eigenvalue weighted by atomic mass is 19.3. The minimum Gasteiger partial charge on any atom is -0.379 e. The summed E-state index contributed by atoms with van der Waals surface area (Å²) in [5.74, 6) is -3.56. The molecule has 1 aliphatic rings. The summed E-state index contributed by atoms with van der Waals surface area (Å²) in [5.41, 5.74) is 3.21. The van der Waals surface area contributed by atoms with Crippen molar-refractivity contribution in [1.82, 2.24) is 24.8 Å². The standard InChI is InChI=1S/C24H27F2N7O2/c1-15-10-22(32-23(29-15)24(3,25)26)31-20-11-21(30-16(2)34)28-13-18(20)19-5-4-17(12-27-19)14-33-6-8-35-9-7-33/h4-5,10-13H,6-9,14H2,1-3H3,(H2,28,29,30,31,32,34). The normalized spacial score (nSPS) is 14.5. The van der Waals surface area contributed by atoms with E-state index in [0.29, 0.717) is 28.5 Å². The van der Waals surface area contributed by atoms with Crippen LogP contribution in [0, 0.1) is 6.92 Å². The number of morpholine rings is 1. The SMILES string of the molecule is CC(=O)Nc1cc(Nc2cc(C)nc(C(C)(F)F)n2)c(-c2ccc(CN3CCOCC3)cn2)cn1. The number of nitrogens with zero attached hydrogens (tertiary/aromatic N) is 5. The van der Waals surface area contributed by atoms with Crippen molar-refractivity contribution in [2.24, 2.45) is 0 Å². The van der Waals surface area contributed by atoms with E-state index in [1.54, 1.807) is 31.5 Å². The van der Waals surface area contributed by atoms with E-state index in [-0.39, 0.29) is 11.7 Å². The largest absolute Gasteiger partial charge is 0.379 e. The van der Waals surface area contributed by atoms with Crippen molar-refractivity contribution in [3.05, 3.63) is 53.7 Å². The van der Waals surface area contributed by atoms with Crippen molar-refractivity contribution in [3.63, 3.8) is 0 Å². The van der Waals surface area contributed by atoms with Gasteiger partial charge in [0.2, 0.25) is 11.7 Å². The van der Waals surface area contributed by atoms with E-state index in [4.69, 9.17) is 4.74 Å². The quantitative estimate of drug-likeness (QED) is 0.522. The van der Waals surface area contributed by atoms with Gasteiger partial charge in [0.05, 0.1) is 24.6 Å². The molecule has 1 amide bonds. The van der Waals surface area contributed by atoms with Crippen LogP contribution in [0.15, 0.2) is 36.7 Å². The molecule has 11 heteroatoms. The number of aromatic nitrogens is 4. The Morgan fingerprint density at radius 3 is 2.54 bits per heavy atom. The number of nitrogens with one attached hydrogen (secondary N) is 2. The predicted molar refractivity (Wildman–Crippen MR) is 127 cm³/mol. The highest BCUT2D eigenvalue weighted by Gasteiger charge is 2.29. The van der Waals surface area contributed by atoms with Gasteiger partial charge < -0.3 is 15.4 Å². The molecular formula is C24H27F2N7O2. The van der Waals surface area contributed by atoms with Crippen LogP contribution in [-0.4, -0.2) is 57.0 Å². The third-order valence-corrected chi connectivity index (χ3v) is 5.33. The molecule has 0 radical (unpaired) electrons. The molecule has 3 aromatic rings. The fourth-order valence-corrected chi connectivity index (χ4v) is 3.67. The second-order valence-corrected chi connectivity index (χ2v) is 8.47. The number of pyridine rings is 2. The summed E-state index contributed by atoms with van der Waals surface area (Å²) in [6, 6.07) is 7.05. The van der Waals surface area contributed by atoms with E-state index in [2.05, 4.69) is 35.5 Å². The number of aryl methyl sites for hydroxylation is 1. The summed E-state index contributed by atoms with van der Waals surface area (Å²) in [4.78, 5) is 30.6. The lowest BCUT2D eigenvalue weighted by Gasteiger charge is -2.26. The zero-order valence-corrected chi connectivity index (χ0v) is 19.8. The molecule has 4 heterocycles. The number of alkyl halides is 2. The van der Waals surface area contributed by atoms with E-state index in [1.165, 1.54) is 6.92 Å². The molecule has 0 saturated carbocycles. The fourth-order valence-electron chi connectivity index (χ4n) is 3.67. The Labute approximate surface area is 202 Å². The number of halogens is 2. The molecule has 1 saturated heterocycles. The summed E-state index contributed by atoms with van der Waals surface area (Å²) in [6.45, 7) is 7.72. The van der Waals surface area contributed by atoms with Gasteiger partial charge in [0.1, 0.15) is 11.6 Å². The van der Waals surface area contributed by atoms with Crippen molar-refractivity contribution in [2.75, 3.05) is 36.9 Å². The molecule has 0 atom stereocenters. The molecule has 0 aliphatic carbocycles. The van der Waals surface area contributed by atoms with Gasteiger partial charge in [-0.15, -0.1) is 0 Å². The minimum atomic E-state index is -3.19. The van der Waals surface area contributed by atoms with Crippen LogP contribution in [0.4, 0.5) is 26.1 Å². The molecule has 3 aromatic heterocycles. The van der Waals surface area contributed by atoms with Crippen LogP contribution in [0.25, 0.3) is 11.3 Å². The maximum Gasteiger partial charge on any atom is 0.303 e. The molecule has 0 aromatic carbocycles. The third-order valence-electron chi connectivity index (χ3n) is 5.33. The van der Waals surface area contributed by atoms with E-state index in [9.17, 15) is 13.6 Å². The molecule has 2 N–H and O–H groups in total. The average molecular weight is 484 g/mol. The molecule has 1 aliphatic heterocycles. The molecule has 0 bridgehead atoms. The maximum absolute atomic E-state index is 13.9. The highest BCUT2D eigenvalue weighted by Crippen LogP contribution is 2.32. The smallest absolute Gasteiger partial charge is 0.303 e. The molecule has 1 fully saturated rings. The first-order valence-corrected chi connectivity index (χ1v) is 11.2. The van der Waals surface area contributed by atoms with E-state index in [1.807, 2.05) is 12.1 Å². The van der Waals surface area contributed by atoms with Crippen LogP contribution in [0.2, 0.25) is 0 Å². The lowest BCUT2D eigenvalue weighted by molar-refractivity contribution is -0.114. The monoisotopic (exact) mass is 483 g/mol. The van der Waals surface area contributed by atoms with Crippen LogP contribution >= 0.6 is 0 Å². The number of hydrogen-bond donors (Lipinski definition) is 2. The van der Waals surface area contributed by atoms with E-state index < -0.39 is 11.7 Å². The van der Waals surface area contributed by atoms with Crippen molar-refractivity contribution in [1.29, 1.82) is 0 Å². The second-order valence-electron chi connectivity index (χ2n) is 8.47. The molecular weight excluding hydrogens is 456 g/mol. The summed E-state index contributed by atoms with van der Waals surface area (Å²) < 4.78 is 33.2. The van der Waals surface area contributed by atoms with Gasteiger partial charge in [0.15, 0.2) is 0 Å². The lowest BCUT2D eigenvalue weighted by atomic mass is 10.1. The lowest BCUT2D eigenvalue weighted by Crippen LogP contribution is -2.35. The first kappa shape index (κ1) is 24.6. The molecule has 0 unspecified atom stereocenters. The minimum absolute atomic E-state index is 0.194. The van der Waals surface area contributed by atoms with Gasteiger partial charge in [-0.05, 0) is 18.6 Å². The number of hydrogen-bond acceptors (Lipinski definition) is 8. The van der Waals surface area contributed by atoms with Gasteiger partial charge >= 0.3 is 5.92 Å². The second kappa shape index (κ2) is 10.4. The number of rotatable bonds is 7. The zero-order chi connectivity index (χ0) is 25.0. The molecule has 4 rings (SSSR count).